The molecule has 1 atom stereocenters. The van der Waals surface area contributed by atoms with E-state index in [4.69, 9.17) is 9.47 Å². The second-order valence-electron chi connectivity index (χ2n) is 7.24. The van der Waals surface area contributed by atoms with E-state index < -0.39 is 0 Å². The Balaban J connectivity index is 1.67. The van der Waals surface area contributed by atoms with E-state index in [2.05, 4.69) is 58.6 Å². The molecule has 2 rings (SSSR count). The molecule has 6 nitrogen and oxygen atoms in total. The van der Waals surface area contributed by atoms with Crippen LogP contribution in [0.15, 0.2) is 29.3 Å². The molecule has 0 amide bonds. The van der Waals surface area contributed by atoms with Crippen LogP contribution in [0.4, 0.5) is 0 Å². The average Bonchev–Trinajstić information content (AvgIpc) is 3.25. The van der Waals surface area contributed by atoms with E-state index in [1.807, 2.05) is 7.05 Å². The Labute approximate surface area is 170 Å². The van der Waals surface area contributed by atoms with Gasteiger partial charge >= 0.3 is 0 Å². The molecule has 0 aromatic heterocycles. The van der Waals surface area contributed by atoms with Gasteiger partial charge in [0, 0.05) is 45.8 Å². The fourth-order valence-corrected chi connectivity index (χ4v) is 3.32. The fraction of sp³-hybridized carbons (Fsp3) is 0.682. The molecule has 158 valence electrons. The Morgan fingerprint density at radius 3 is 2.68 bits per heavy atom. The zero-order chi connectivity index (χ0) is 20.0. The SMILES string of the molecule is CCN(CC)Cc1ccccc1CNC(=NC)NCCCOCC1CCOC1. The summed E-state index contributed by atoms with van der Waals surface area (Å²) < 4.78 is 11.1. The number of aliphatic imine (C=N–C) groups is 1. The minimum Gasteiger partial charge on any atom is -0.381 e. The summed E-state index contributed by atoms with van der Waals surface area (Å²) in [5.74, 6) is 1.42. The molecule has 1 unspecified atom stereocenters. The largest absolute Gasteiger partial charge is 0.381 e. The summed E-state index contributed by atoms with van der Waals surface area (Å²) in [4.78, 5) is 6.77. The minimum absolute atomic E-state index is 0.582. The predicted molar refractivity (Wildman–Crippen MR) is 116 cm³/mol. The van der Waals surface area contributed by atoms with E-state index in [0.717, 1.165) is 78.0 Å². The van der Waals surface area contributed by atoms with Crippen molar-refractivity contribution in [3.63, 3.8) is 0 Å². The molecule has 1 aromatic rings. The number of hydrogen-bond acceptors (Lipinski definition) is 4. The van der Waals surface area contributed by atoms with E-state index in [9.17, 15) is 0 Å². The second-order valence-corrected chi connectivity index (χ2v) is 7.24. The topological polar surface area (TPSA) is 58.1 Å². The van der Waals surface area contributed by atoms with Crippen molar-refractivity contribution in [2.45, 2.75) is 39.8 Å². The number of hydrogen-bond donors (Lipinski definition) is 2. The number of nitrogens with zero attached hydrogens (tertiary/aromatic N) is 2. The first kappa shape index (κ1) is 22.7. The van der Waals surface area contributed by atoms with Gasteiger partial charge in [0.1, 0.15) is 0 Å². The highest BCUT2D eigenvalue weighted by Crippen LogP contribution is 2.12. The number of ether oxygens (including phenoxy) is 2. The lowest BCUT2D eigenvalue weighted by Gasteiger charge is -2.20. The van der Waals surface area contributed by atoms with Gasteiger partial charge < -0.3 is 20.1 Å². The molecule has 1 aliphatic rings. The maximum atomic E-state index is 5.75. The van der Waals surface area contributed by atoms with Crippen LogP contribution in [-0.4, -0.2) is 64.0 Å². The fourth-order valence-electron chi connectivity index (χ4n) is 3.32. The average molecular weight is 391 g/mol. The molecule has 0 bridgehead atoms. The van der Waals surface area contributed by atoms with E-state index in [0.29, 0.717) is 5.92 Å². The van der Waals surface area contributed by atoms with E-state index in [1.54, 1.807) is 0 Å². The smallest absolute Gasteiger partial charge is 0.191 e. The Bertz CT molecular complexity index is 569. The number of nitrogens with one attached hydrogen (secondary N) is 2. The summed E-state index contributed by atoms with van der Waals surface area (Å²) >= 11 is 0. The molecule has 0 saturated carbocycles. The lowest BCUT2D eigenvalue weighted by atomic mass is 10.1. The van der Waals surface area contributed by atoms with Crippen molar-refractivity contribution in [3.8, 4) is 0 Å². The Kier molecular flexibility index (Phi) is 10.9. The number of rotatable bonds is 12. The van der Waals surface area contributed by atoms with Crippen LogP contribution in [0.3, 0.4) is 0 Å². The highest BCUT2D eigenvalue weighted by molar-refractivity contribution is 5.79. The normalized spacial score (nSPS) is 17.3. The van der Waals surface area contributed by atoms with Crippen LogP contribution < -0.4 is 10.6 Å². The minimum atomic E-state index is 0.582. The van der Waals surface area contributed by atoms with Gasteiger partial charge in [-0.15, -0.1) is 0 Å². The van der Waals surface area contributed by atoms with Crippen LogP contribution in [-0.2, 0) is 22.6 Å². The van der Waals surface area contributed by atoms with Crippen molar-refractivity contribution in [1.82, 2.24) is 15.5 Å². The van der Waals surface area contributed by atoms with Crippen LogP contribution in [0, 0.1) is 5.92 Å². The molecule has 2 N–H and O–H groups in total. The van der Waals surface area contributed by atoms with Crippen LogP contribution in [0.25, 0.3) is 0 Å². The van der Waals surface area contributed by atoms with Gasteiger partial charge in [-0.1, -0.05) is 38.1 Å². The third-order valence-electron chi connectivity index (χ3n) is 5.21. The summed E-state index contributed by atoms with van der Waals surface area (Å²) in [6, 6.07) is 8.64. The van der Waals surface area contributed by atoms with Gasteiger partial charge in [-0.3, -0.25) is 9.89 Å². The third kappa shape index (κ3) is 8.17. The molecule has 1 saturated heterocycles. The van der Waals surface area contributed by atoms with E-state index in [1.165, 1.54) is 11.1 Å². The summed E-state index contributed by atoms with van der Waals surface area (Å²) in [7, 11) is 1.81. The molecule has 0 radical (unpaired) electrons. The lowest BCUT2D eigenvalue weighted by molar-refractivity contribution is 0.0888. The molecule has 1 heterocycles. The highest BCUT2D eigenvalue weighted by atomic mass is 16.5. The second kappa shape index (κ2) is 13.5. The summed E-state index contributed by atoms with van der Waals surface area (Å²) in [5, 5.41) is 6.81. The van der Waals surface area contributed by atoms with E-state index in [-0.39, 0.29) is 0 Å². The third-order valence-corrected chi connectivity index (χ3v) is 5.21. The van der Waals surface area contributed by atoms with Crippen molar-refractivity contribution in [2.75, 3.05) is 53.1 Å². The van der Waals surface area contributed by atoms with Crippen molar-refractivity contribution >= 4 is 5.96 Å². The van der Waals surface area contributed by atoms with Crippen molar-refractivity contribution in [3.05, 3.63) is 35.4 Å². The van der Waals surface area contributed by atoms with E-state index >= 15 is 0 Å². The first-order valence-corrected chi connectivity index (χ1v) is 10.7. The summed E-state index contributed by atoms with van der Waals surface area (Å²) in [6.07, 6.45) is 2.09. The number of benzene rings is 1. The molecular weight excluding hydrogens is 352 g/mol. The summed E-state index contributed by atoms with van der Waals surface area (Å²) in [6.45, 7) is 12.5. The molecule has 1 aliphatic heterocycles. The Hall–Kier alpha value is -1.63. The molecule has 0 spiro atoms. The predicted octanol–water partition coefficient (Wildman–Crippen LogP) is 2.64. The molecule has 1 fully saturated rings. The monoisotopic (exact) mass is 390 g/mol. The van der Waals surface area contributed by atoms with Gasteiger partial charge in [0.15, 0.2) is 5.96 Å². The first-order chi connectivity index (χ1) is 13.8. The van der Waals surface area contributed by atoms with Gasteiger partial charge in [-0.05, 0) is 37.1 Å². The van der Waals surface area contributed by atoms with Crippen molar-refractivity contribution in [1.29, 1.82) is 0 Å². The van der Waals surface area contributed by atoms with Crippen LogP contribution >= 0.6 is 0 Å². The maximum absolute atomic E-state index is 5.75. The van der Waals surface area contributed by atoms with Crippen LogP contribution in [0.5, 0.6) is 0 Å². The van der Waals surface area contributed by atoms with Crippen molar-refractivity contribution in [2.24, 2.45) is 10.9 Å². The molecule has 1 aromatic carbocycles. The maximum Gasteiger partial charge on any atom is 0.191 e. The number of guanidine groups is 1. The zero-order valence-electron chi connectivity index (χ0n) is 17.9. The van der Waals surface area contributed by atoms with Gasteiger partial charge in [0.05, 0.1) is 13.2 Å². The van der Waals surface area contributed by atoms with Gasteiger partial charge in [0.2, 0.25) is 0 Å². The Morgan fingerprint density at radius 1 is 1.21 bits per heavy atom. The Morgan fingerprint density at radius 2 is 2.00 bits per heavy atom. The standard InChI is InChI=1S/C22H38N4O2/c1-4-26(5-2)16-21-10-7-6-9-20(21)15-25-22(23-3)24-12-8-13-27-17-19-11-14-28-18-19/h6-7,9-10,19H,4-5,8,11-18H2,1-3H3,(H2,23,24,25). The molecule has 28 heavy (non-hydrogen) atoms. The summed E-state index contributed by atoms with van der Waals surface area (Å²) in [5.41, 5.74) is 2.69. The lowest BCUT2D eigenvalue weighted by Crippen LogP contribution is -2.38. The van der Waals surface area contributed by atoms with Crippen LogP contribution in [0.1, 0.15) is 37.8 Å². The van der Waals surface area contributed by atoms with Gasteiger partial charge in [0.25, 0.3) is 0 Å². The van der Waals surface area contributed by atoms with Gasteiger partial charge in [-0.25, -0.2) is 0 Å². The van der Waals surface area contributed by atoms with Crippen LogP contribution in [0.2, 0.25) is 0 Å². The quantitative estimate of drug-likeness (QED) is 0.326. The molecule has 6 heteroatoms. The first-order valence-electron chi connectivity index (χ1n) is 10.7. The molecule has 0 aliphatic carbocycles. The molecular formula is C22H38N4O2. The van der Waals surface area contributed by atoms with Gasteiger partial charge in [-0.2, -0.15) is 0 Å². The highest BCUT2D eigenvalue weighted by Gasteiger charge is 2.15. The zero-order valence-corrected chi connectivity index (χ0v) is 17.9. The van der Waals surface area contributed by atoms with Crippen molar-refractivity contribution < 1.29 is 9.47 Å².